The highest BCUT2D eigenvalue weighted by atomic mass is 35.5. The number of amides is 1. The van der Waals surface area contributed by atoms with Crippen molar-refractivity contribution in [2.45, 2.75) is 13.5 Å². The molecule has 1 N–H and O–H groups in total. The first-order valence-corrected chi connectivity index (χ1v) is 10.8. The van der Waals surface area contributed by atoms with Gasteiger partial charge in [-0.1, -0.05) is 41.9 Å². The number of halogens is 1. The highest BCUT2D eigenvalue weighted by Gasteiger charge is 2.17. The molecule has 164 valence electrons. The van der Waals surface area contributed by atoms with Crippen molar-refractivity contribution >= 4 is 34.2 Å². The quantitative estimate of drug-likeness (QED) is 0.399. The summed E-state index contributed by atoms with van der Waals surface area (Å²) in [6, 6.07) is 18.8. The van der Waals surface area contributed by atoms with Crippen LogP contribution in [-0.4, -0.2) is 30.5 Å². The van der Waals surface area contributed by atoms with E-state index >= 15 is 0 Å². The van der Waals surface area contributed by atoms with E-state index in [4.69, 9.17) is 16.6 Å². The number of carbonyl (C=O) groups is 1. The van der Waals surface area contributed by atoms with Crippen molar-refractivity contribution in [1.82, 2.24) is 24.5 Å². The van der Waals surface area contributed by atoms with Crippen LogP contribution in [0.2, 0.25) is 5.02 Å². The zero-order valence-electron chi connectivity index (χ0n) is 18.2. The van der Waals surface area contributed by atoms with Gasteiger partial charge < -0.3 is 5.32 Å². The number of aromatic nitrogens is 5. The van der Waals surface area contributed by atoms with Crippen molar-refractivity contribution in [3.05, 3.63) is 94.9 Å². The lowest BCUT2D eigenvalue weighted by Crippen LogP contribution is -2.14. The number of anilines is 1. The molecule has 1 amide bonds. The number of benzene rings is 2. The van der Waals surface area contributed by atoms with E-state index in [1.807, 2.05) is 81.0 Å². The summed E-state index contributed by atoms with van der Waals surface area (Å²) in [7, 11) is 1.87. The molecule has 0 atom stereocenters. The summed E-state index contributed by atoms with van der Waals surface area (Å²) in [5, 5.41) is 13.3. The van der Waals surface area contributed by atoms with Gasteiger partial charge in [0.25, 0.3) is 5.91 Å². The molecule has 0 bridgehead atoms. The van der Waals surface area contributed by atoms with Crippen molar-refractivity contribution in [3.8, 4) is 11.3 Å². The van der Waals surface area contributed by atoms with E-state index < -0.39 is 0 Å². The third-order valence-corrected chi connectivity index (χ3v) is 5.64. The van der Waals surface area contributed by atoms with Crippen LogP contribution in [0.4, 0.5) is 5.82 Å². The first-order valence-electron chi connectivity index (χ1n) is 10.5. The Morgan fingerprint density at radius 3 is 2.61 bits per heavy atom. The van der Waals surface area contributed by atoms with Crippen LogP contribution in [-0.2, 0) is 13.6 Å². The van der Waals surface area contributed by atoms with Crippen LogP contribution in [0, 0.1) is 6.92 Å². The third kappa shape index (κ3) is 4.36. The fraction of sp³-hybridized carbons (Fsp3) is 0.120. The number of hydrogen-bond acceptors (Lipinski definition) is 4. The molecule has 3 heterocycles. The van der Waals surface area contributed by atoms with Gasteiger partial charge >= 0.3 is 0 Å². The van der Waals surface area contributed by atoms with Crippen molar-refractivity contribution in [2.75, 3.05) is 5.32 Å². The van der Waals surface area contributed by atoms with Crippen molar-refractivity contribution < 1.29 is 4.79 Å². The highest BCUT2D eigenvalue weighted by Crippen LogP contribution is 2.27. The summed E-state index contributed by atoms with van der Waals surface area (Å²) in [5.74, 6) is 0.238. The Balaban J connectivity index is 1.44. The Morgan fingerprint density at radius 2 is 1.85 bits per heavy atom. The second-order valence-corrected chi connectivity index (χ2v) is 8.29. The molecule has 0 saturated heterocycles. The van der Waals surface area contributed by atoms with Crippen molar-refractivity contribution in [1.29, 1.82) is 0 Å². The number of para-hydroxylation sites is 1. The fourth-order valence-electron chi connectivity index (χ4n) is 3.83. The van der Waals surface area contributed by atoms with E-state index in [0.29, 0.717) is 28.6 Å². The SMILES string of the molecule is Cc1nn(C)cc1-c1cc(C(=O)Nc2ccn(Cc3ccc(Cl)cc3)n2)c2ccccc2n1. The summed E-state index contributed by atoms with van der Waals surface area (Å²) in [6.45, 7) is 2.51. The summed E-state index contributed by atoms with van der Waals surface area (Å²) < 4.78 is 3.52. The van der Waals surface area contributed by atoms with E-state index in [1.54, 1.807) is 15.4 Å². The topological polar surface area (TPSA) is 77.6 Å². The van der Waals surface area contributed by atoms with Gasteiger partial charge in [-0.2, -0.15) is 10.2 Å². The van der Waals surface area contributed by atoms with E-state index in [2.05, 4.69) is 15.5 Å². The van der Waals surface area contributed by atoms with E-state index in [1.165, 1.54) is 0 Å². The van der Waals surface area contributed by atoms with Crippen LogP contribution < -0.4 is 5.32 Å². The van der Waals surface area contributed by atoms with Gasteiger partial charge in [-0.25, -0.2) is 4.98 Å². The van der Waals surface area contributed by atoms with Crippen LogP contribution in [0.3, 0.4) is 0 Å². The molecular weight excluding hydrogens is 436 g/mol. The second kappa shape index (κ2) is 8.52. The van der Waals surface area contributed by atoms with Gasteiger partial charge in [-0.3, -0.25) is 14.2 Å². The fourth-order valence-corrected chi connectivity index (χ4v) is 3.96. The lowest BCUT2D eigenvalue weighted by atomic mass is 10.0. The summed E-state index contributed by atoms with van der Waals surface area (Å²) >= 11 is 5.96. The largest absolute Gasteiger partial charge is 0.305 e. The standard InChI is InChI=1S/C25H21ClN6O/c1-16-21(15-31(2)29-16)23-13-20(19-5-3-4-6-22(19)27-23)25(33)28-24-11-12-32(30-24)14-17-7-9-18(26)10-8-17/h3-13,15H,14H2,1-2H3,(H,28,30,33). The van der Waals surface area contributed by atoms with Crippen LogP contribution >= 0.6 is 11.6 Å². The monoisotopic (exact) mass is 456 g/mol. The normalized spacial score (nSPS) is 11.1. The van der Waals surface area contributed by atoms with Crippen LogP contribution in [0.1, 0.15) is 21.6 Å². The minimum absolute atomic E-state index is 0.242. The maximum absolute atomic E-state index is 13.3. The molecule has 0 fully saturated rings. The number of nitrogens with one attached hydrogen (secondary N) is 1. The molecule has 0 spiro atoms. The number of rotatable bonds is 5. The van der Waals surface area contributed by atoms with E-state index in [9.17, 15) is 4.79 Å². The van der Waals surface area contributed by atoms with Gasteiger partial charge in [-0.15, -0.1) is 0 Å². The average Bonchev–Trinajstić information content (AvgIpc) is 3.39. The van der Waals surface area contributed by atoms with Gasteiger partial charge in [0, 0.05) is 41.5 Å². The first-order chi connectivity index (χ1) is 16.0. The molecule has 0 radical (unpaired) electrons. The van der Waals surface area contributed by atoms with Crippen LogP contribution in [0.25, 0.3) is 22.2 Å². The first kappa shape index (κ1) is 20.9. The Hall–Kier alpha value is -3.97. The Morgan fingerprint density at radius 1 is 1.06 bits per heavy atom. The molecular formula is C25H21ClN6O. The van der Waals surface area contributed by atoms with Gasteiger partial charge in [0.2, 0.25) is 0 Å². The maximum Gasteiger partial charge on any atom is 0.257 e. The number of hydrogen-bond donors (Lipinski definition) is 1. The van der Waals surface area contributed by atoms with Crippen LogP contribution in [0.5, 0.6) is 0 Å². The highest BCUT2D eigenvalue weighted by molar-refractivity contribution is 6.30. The Labute approximate surface area is 195 Å². The molecule has 0 unspecified atom stereocenters. The van der Waals surface area contributed by atoms with Crippen molar-refractivity contribution in [3.63, 3.8) is 0 Å². The molecule has 0 aliphatic rings. The molecule has 8 heteroatoms. The predicted octanol–water partition coefficient (Wildman–Crippen LogP) is 5.09. The average molecular weight is 457 g/mol. The molecule has 0 aliphatic heterocycles. The van der Waals surface area contributed by atoms with Gasteiger partial charge in [0.1, 0.15) is 0 Å². The number of carbonyl (C=O) groups excluding carboxylic acids is 1. The summed E-state index contributed by atoms with van der Waals surface area (Å²) in [4.78, 5) is 18.0. The lowest BCUT2D eigenvalue weighted by Gasteiger charge is -2.09. The smallest absolute Gasteiger partial charge is 0.257 e. The maximum atomic E-state index is 13.3. The van der Waals surface area contributed by atoms with E-state index in [-0.39, 0.29) is 5.91 Å². The minimum atomic E-state index is -0.242. The lowest BCUT2D eigenvalue weighted by molar-refractivity contribution is 0.102. The number of aryl methyl sites for hydroxylation is 2. The van der Waals surface area contributed by atoms with Crippen molar-refractivity contribution in [2.24, 2.45) is 7.05 Å². The molecule has 7 nitrogen and oxygen atoms in total. The Kier molecular flexibility index (Phi) is 5.40. The summed E-state index contributed by atoms with van der Waals surface area (Å²) in [6.07, 6.45) is 3.74. The summed E-state index contributed by atoms with van der Waals surface area (Å²) in [5.41, 5.74) is 4.80. The van der Waals surface area contributed by atoms with Gasteiger partial charge in [0.05, 0.1) is 29.0 Å². The van der Waals surface area contributed by atoms with Crippen LogP contribution in [0.15, 0.2) is 73.1 Å². The molecule has 5 aromatic rings. The Bertz CT molecular complexity index is 1470. The molecule has 5 rings (SSSR count). The van der Waals surface area contributed by atoms with Gasteiger partial charge in [0.15, 0.2) is 5.82 Å². The molecule has 0 aliphatic carbocycles. The number of pyridine rings is 1. The predicted molar refractivity (Wildman–Crippen MR) is 129 cm³/mol. The minimum Gasteiger partial charge on any atom is -0.305 e. The zero-order chi connectivity index (χ0) is 22.9. The molecule has 3 aromatic heterocycles. The number of fused-ring (bicyclic) bond motifs is 1. The molecule has 2 aromatic carbocycles. The molecule has 33 heavy (non-hydrogen) atoms. The second-order valence-electron chi connectivity index (χ2n) is 7.85. The third-order valence-electron chi connectivity index (χ3n) is 5.39. The molecule has 0 saturated carbocycles. The number of nitrogens with zero attached hydrogens (tertiary/aromatic N) is 5. The van der Waals surface area contributed by atoms with E-state index in [0.717, 1.165) is 27.7 Å². The van der Waals surface area contributed by atoms with Gasteiger partial charge in [-0.05, 0) is 36.8 Å². The zero-order valence-corrected chi connectivity index (χ0v) is 18.9.